The Balaban J connectivity index is 1.78. The Morgan fingerprint density at radius 1 is 1.28 bits per heavy atom. The van der Waals surface area contributed by atoms with Crippen LogP contribution in [0.3, 0.4) is 0 Å². The van der Waals surface area contributed by atoms with Crippen LogP contribution in [0.15, 0.2) is 24.3 Å². The van der Waals surface area contributed by atoms with Crippen LogP contribution in [-0.2, 0) is 0 Å². The molecule has 1 heterocycles. The molecule has 18 heavy (non-hydrogen) atoms. The van der Waals surface area contributed by atoms with Gasteiger partial charge in [-0.1, -0.05) is 31.6 Å². The van der Waals surface area contributed by atoms with Gasteiger partial charge in [-0.05, 0) is 49.8 Å². The van der Waals surface area contributed by atoms with Gasteiger partial charge in [-0.3, -0.25) is 0 Å². The molecule has 1 aliphatic carbocycles. The molecule has 3 rings (SSSR count). The minimum absolute atomic E-state index is 0.280. The molecule has 1 aromatic carbocycles. The summed E-state index contributed by atoms with van der Waals surface area (Å²) in [7, 11) is 0. The van der Waals surface area contributed by atoms with Gasteiger partial charge in [0, 0.05) is 11.5 Å². The van der Waals surface area contributed by atoms with Crippen LogP contribution in [0.2, 0.25) is 0 Å². The summed E-state index contributed by atoms with van der Waals surface area (Å²) in [5.41, 5.74) is 3.01. The molecular formula is C17H22O. The molecule has 2 unspecified atom stereocenters. The van der Waals surface area contributed by atoms with Gasteiger partial charge in [0.1, 0.15) is 11.9 Å². The van der Waals surface area contributed by atoms with E-state index >= 15 is 0 Å². The SMILES string of the molecule is Cc1ccc2c(c1)C=CC(C1CCC(C)(C)C1)O2. The van der Waals surface area contributed by atoms with Crippen LogP contribution in [0.1, 0.15) is 44.2 Å². The van der Waals surface area contributed by atoms with Gasteiger partial charge in [-0.2, -0.15) is 0 Å². The van der Waals surface area contributed by atoms with Crippen LogP contribution < -0.4 is 4.74 Å². The number of rotatable bonds is 1. The summed E-state index contributed by atoms with van der Waals surface area (Å²) < 4.78 is 6.18. The molecule has 1 fully saturated rings. The number of hydrogen-bond donors (Lipinski definition) is 0. The first-order valence-electron chi connectivity index (χ1n) is 6.99. The van der Waals surface area contributed by atoms with E-state index in [0.717, 1.165) is 5.75 Å². The second-order valence-corrected chi connectivity index (χ2v) is 6.65. The van der Waals surface area contributed by atoms with Crippen molar-refractivity contribution < 1.29 is 4.74 Å². The highest BCUT2D eigenvalue weighted by molar-refractivity contribution is 5.60. The zero-order chi connectivity index (χ0) is 12.8. The summed E-state index contributed by atoms with van der Waals surface area (Å²) in [4.78, 5) is 0. The Morgan fingerprint density at radius 2 is 2.11 bits per heavy atom. The van der Waals surface area contributed by atoms with E-state index in [1.165, 1.54) is 30.4 Å². The van der Waals surface area contributed by atoms with Crippen LogP contribution in [0.25, 0.3) is 6.08 Å². The van der Waals surface area contributed by atoms with Crippen LogP contribution in [0.4, 0.5) is 0 Å². The molecular weight excluding hydrogens is 220 g/mol. The van der Waals surface area contributed by atoms with Crippen LogP contribution in [-0.4, -0.2) is 6.10 Å². The summed E-state index contributed by atoms with van der Waals surface area (Å²) in [5.74, 6) is 1.74. The van der Waals surface area contributed by atoms with Crippen molar-refractivity contribution in [2.45, 2.75) is 46.1 Å². The van der Waals surface area contributed by atoms with Gasteiger partial charge in [0.2, 0.25) is 0 Å². The molecule has 96 valence electrons. The van der Waals surface area contributed by atoms with Gasteiger partial charge in [0.05, 0.1) is 0 Å². The van der Waals surface area contributed by atoms with Crippen molar-refractivity contribution in [3.8, 4) is 5.75 Å². The Kier molecular flexibility index (Phi) is 2.73. The van der Waals surface area contributed by atoms with Crippen LogP contribution in [0, 0.1) is 18.3 Å². The molecule has 0 bridgehead atoms. The average Bonchev–Trinajstić information content (AvgIpc) is 2.69. The van der Waals surface area contributed by atoms with E-state index in [4.69, 9.17) is 4.74 Å². The topological polar surface area (TPSA) is 9.23 Å². The molecule has 0 aromatic heterocycles. The molecule has 0 amide bonds. The highest BCUT2D eigenvalue weighted by Gasteiger charge is 2.36. The molecule has 0 saturated heterocycles. The number of ether oxygens (including phenoxy) is 1. The van der Waals surface area contributed by atoms with E-state index in [9.17, 15) is 0 Å². The summed E-state index contributed by atoms with van der Waals surface area (Å²) in [5, 5.41) is 0. The standard InChI is InChI=1S/C17H22O/c1-12-4-6-15-13(10-12)5-7-16(18-15)14-8-9-17(2,3)11-14/h4-7,10,14,16H,8-9,11H2,1-3H3. The van der Waals surface area contributed by atoms with Gasteiger partial charge in [0.25, 0.3) is 0 Å². The zero-order valence-corrected chi connectivity index (χ0v) is 11.6. The average molecular weight is 242 g/mol. The van der Waals surface area contributed by atoms with E-state index in [-0.39, 0.29) is 6.10 Å². The highest BCUT2D eigenvalue weighted by Crippen LogP contribution is 2.44. The second kappa shape index (κ2) is 4.15. The normalized spacial score (nSPS) is 28.8. The van der Waals surface area contributed by atoms with Gasteiger partial charge in [-0.15, -0.1) is 0 Å². The van der Waals surface area contributed by atoms with Crippen molar-refractivity contribution in [2.75, 3.05) is 0 Å². The maximum absolute atomic E-state index is 6.18. The molecule has 1 aromatic rings. The lowest BCUT2D eigenvalue weighted by Crippen LogP contribution is -2.26. The summed E-state index contributed by atoms with van der Waals surface area (Å²) in [6, 6.07) is 6.44. The minimum atomic E-state index is 0.280. The third kappa shape index (κ3) is 2.19. The third-order valence-corrected chi connectivity index (χ3v) is 4.37. The number of hydrogen-bond acceptors (Lipinski definition) is 1. The molecule has 0 radical (unpaired) electrons. The predicted octanol–water partition coefficient (Wildman–Crippen LogP) is 4.60. The zero-order valence-electron chi connectivity index (χ0n) is 11.6. The van der Waals surface area contributed by atoms with Gasteiger partial charge in [-0.25, -0.2) is 0 Å². The Hall–Kier alpha value is -1.24. The number of fused-ring (bicyclic) bond motifs is 1. The van der Waals surface area contributed by atoms with E-state index in [1.807, 2.05) is 0 Å². The Labute approximate surface area is 110 Å². The molecule has 1 aliphatic heterocycles. The summed E-state index contributed by atoms with van der Waals surface area (Å²) in [6.45, 7) is 6.87. The predicted molar refractivity (Wildman–Crippen MR) is 75.8 cm³/mol. The van der Waals surface area contributed by atoms with Crippen molar-refractivity contribution in [3.05, 3.63) is 35.4 Å². The fraction of sp³-hybridized carbons (Fsp3) is 0.529. The van der Waals surface area contributed by atoms with E-state index in [1.54, 1.807) is 0 Å². The van der Waals surface area contributed by atoms with E-state index in [2.05, 4.69) is 51.1 Å². The first-order valence-corrected chi connectivity index (χ1v) is 6.99. The van der Waals surface area contributed by atoms with Gasteiger partial charge < -0.3 is 4.74 Å². The lowest BCUT2D eigenvalue weighted by molar-refractivity contribution is 0.169. The molecule has 1 saturated carbocycles. The first-order chi connectivity index (χ1) is 8.53. The Morgan fingerprint density at radius 3 is 2.83 bits per heavy atom. The van der Waals surface area contributed by atoms with Gasteiger partial charge in [0.15, 0.2) is 0 Å². The summed E-state index contributed by atoms with van der Waals surface area (Å²) >= 11 is 0. The van der Waals surface area contributed by atoms with Crippen molar-refractivity contribution in [1.29, 1.82) is 0 Å². The number of benzene rings is 1. The quantitative estimate of drug-likeness (QED) is 0.699. The summed E-state index contributed by atoms with van der Waals surface area (Å²) in [6.07, 6.45) is 8.68. The minimum Gasteiger partial charge on any atom is -0.485 e. The maximum atomic E-state index is 6.18. The van der Waals surface area contributed by atoms with Crippen molar-refractivity contribution >= 4 is 6.08 Å². The maximum Gasteiger partial charge on any atom is 0.127 e. The fourth-order valence-corrected chi connectivity index (χ4v) is 3.31. The van der Waals surface area contributed by atoms with Crippen LogP contribution in [0.5, 0.6) is 5.75 Å². The molecule has 1 heteroatoms. The molecule has 0 spiro atoms. The highest BCUT2D eigenvalue weighted by atomic mass is 16.5. The second-order valence-electron chi connectivity index (χ2n) is 6.65. The lowest BCUT2D eigenvalue weighted by Gasteiger charge is -2.27. The fourth-order valence-electron chi connectivity index (χ4n) is 3.31. The molecule has 2 aliphatic rings. The molecule has 1 nitrogen and oxygen atoms in total. The smallest absolute Gasteiger partial charge is 0.127 e. The van der Waals surface area contributed by atoms with E-state index < -0.39 is 0 Å². The molecule has 2 atom stereocenters. The largest absolute Gasteiger partial charge is 0.485 e. The van der Waals surface area contributed by atoms with Crippen molar-refractivity contribution in [2.24, 2.45) is 11.3 Å². The van der Waals surface area contributed by atoms with Crippen LogP contribution >= 0.6 is 0 Å². The van der Waals surface area contributed by atoms with Crippen molar-refractivity contribution in [3.63, 3.8) is 0 Å². The van der Waals surface area contributed by atoms with E-state index in [0.29, 0.717) is 11.3 Å². The monoisotopic (exact) mass is 242 g/mol. The molecule has 0 N–H and O–H groups in total. The third-order valence-electron chi connectivity index (χ3n) is 4.37. The van der Waals surface area contributed by atoms with Crippen molar-refractivity contribution in [1.82, 2.24) is 0 Å². The number of aryl methyl sites for hydroxylation is 1. The van der Waals surface area contributed by atoms with Gasteiger partial charge >= 0.3 is 0 Å². The Bertz CT molecular complexity index is 484. The first kappa shape index (κ1) is 11.8. The lowest BCUT2D eigenvalue weighted by atomic mass is 9.88.